The molecular weight excluding hydrogens is 206 g/mol. The summed E-state index contributed by atoms with van der Waals surface area (Å²) in [7, 11) is 1.70. The molecule has 0 amide bonds. The van der Waals surface area contributed by atoms with E-state index in [4.69, 9.17) is 9.47 Å². The van der Waals surface area contributed by atoms with E-state index in [0.717, 1.165) is 58.7 Å². The molecule has 0 radical (unpaired) electrons. The number of nitrogens with zero attached hydrogens (tertiary/aromatic N) is 1. The van der Waals surface area contributed by atoms with Crippen molar-refractivity contribution in [3.63, 3.8) is 0 Å². The number of likely N-dealkylation sites (tertiary alicyclic amines) is 1. The second-order valence-electron chi connectivity index (χ2n) is 4.84. The first-order valence-corrected chi connectivity index (χ1v) is 6.15. The van der Waals surface area contributed by atoms with Crippen LogP contribution in [0.25, 0.3) is 0 Å². The predicted molar refractivity (Wildman–Crippen MR) is 63.6 cm³/mol. The number of β-amino-alcohol motifs (C(OH)–C–C–N with tert-alkyl or cyclic N) is 1. The normalized spacial score (nSPS) is 27.2. The van der Waals surface area contributed by atoms with E-state index >= 15 is 0 Å². The van der Waals surface area contributed by atoms with Gasteiger partial charge in [-0.25, -0.2) is 0 Å². The zero-order valence-electron chi connectivity index (χ0n) is 10.6. The lowest BCUT2D eigenvalue weighted by molar-refractivity contribution is -0.0241. The van der Waals surface area contributed by atoms with Gasteiger partial charge in [0.15, 0.2) is 0 Å². The molecule has 1 aliphatic rings. The highest BCUT2D eigenvalue weighted by molar-refractivity contribution is 4.82. The van der Waals surface area contributed by atoms with Crippen LogP contribution in [0, 0.1) is 0 Å². The van der Waals surface area contributed by atoms with Gasteiger partial charge in [0.05, 0.1) is 12.2 Å². The first kappa shape index (κ1) is 13.9. The molecule has 1 rings (SSSR count). The van der Waals surface area contributed by atoms with Gasteiger partial charge in [-0.1, -0.05) is 0 Å². The summed E-state index contributed by atoms with van der Waals surface area (Å²) in [5.74, 6) is 0. The standard InChI is InChI=1S/C12H25NO3/c1-12(14)5-3-6-13(11-12)7-10-16-9-4-8-15-2/h14H,3-11H2,1-2H3. The molecule has 1 aliphatic heterocycles. The van der Waals surface area contributed by atoms with Crippen molar-refractivity contribution in [2.75, 3.05) is 46.6 Å². The summed E-state index contributed by atoms with van der Waals surface area (Å²) in [6.07, 6.45) is 2.95. The summed E-state index contributed by atoms with van der Waals surface area (Å²) in [5, 5.41) is 9.92. The van der Waals surface area contributed by atoms with Crippen molar-refractivity contribution < 1.29 is 14.6 Å². The van der Waals surface area contributed by atoms with E-state index in [0.29, 0.717) is 0 Å². The van der Waals surface area contributed by atoms with Crippen molar-refractivity contribution in [1.82, 2.24) is 4.90 Å². The lowest BCUT2D eigenvalue weighted by atomic mass is 9.95. The molecule has 0 bridgehead atoms. The number of piperidine rings is 1. The SMILES string of the molecule is COCCCOCCN1CCCC(C)(O)C1. The Hall–Kier alpha value is -0.160. The molecule has 1 heterocycles. The second kappa shape index (κ2) is 7.22. The fraction of sp³-hybridized carbons (Fsp3) is 1.00. The van der Waals surface area contributed by atoms with E-state index in [-0.39, 0.29) is 0 Å². The number of rotatable bonds is 7. The quantitative estimate of drug-likeness (QED) is 0.661. The molecular formula is C12H25NO3. The Morgan fingerprint density at radius 1 is 1.31 bits per heavy atom. The van der Waals surface area contributed by atoms with Crippen molar-refractivity contribution in [1.29, 1.82) is 0 Å². The third-order valence-corrected chi connectivity index (χ3v) is 2.94. The molecule has 1 fully saturated rings. The number of hydrogen-bond donors (Lipinski definition) is 1. The van der Waals surface area contributed by atoms with Crippen LogP contribution in [-0.4, -0.2) is 62.2 Å². The molecule has 1 unspecified atom stereocenters. The Balaban J connectivity index is 2.00. The van der Waals surface area contributed by atoms with Crippen LogP contribution in [0.15, 0.2) is 0 Å². The third-order valence-electron chi connectivity index (χ3n) is 2.94. The summed E-state index contributed by atoms with van der Waals surface area (Å²) < 4.78 is 10.4. The Labute approximate surface area is 98.5 Å². The first-order valence-electron chi connectivity index (χ1n) is 6.15. The zero-order valence-corrected chi connectivity index (χ0v) is 10.6. The highest BCUT2D eigenvalue weighted by Gasteiger charge is 2.27. The maximum absolute atomic E-state index is 9.92. The van der Waals surface area contributed by atoms with Gasteiger partial charge in [-0.15, -0.1) is 0 Å². The van der Waals surface area contributed by atoms with Crippen molar-refractivity contribution in [2.45, 2.75) is 31.8 Å². The summed E-state index contributed by atoms with van der Waals surface area (Å²) in [6, 6.07) is 0. The first-order chi connectivity index (χ1) is 7.64. The molecule has 0 aliphatic carbocycles. The van der Waals surface area contributed by atoms with Crippen LogP contribution in [0.5, 0.6) is 0 Å². The lowest BCUT2D eigenvalue weighted by Gasteiger charge is -2.36. The Morgan fingerprint density at radius 3 is 2.81 bits per heavy atom. The van der Waals surface area contributed by atoms with Crippen LogP contribution in [-0.2, 0) is 9.47 Å². The maximum Gasteiger partial charge on any atom is 0.0746 e. The molecule has 0 spiro atoms. The Bertz CT molecular complexity index is 185. The van der Waals surface area contributed by atoms with Crippen molar-refractivity contribution >= 4 is 0 Å². The molecule has 0 saturated carbocycles. The monoisotopic (exact) mass is 231 g/mol. The molecule has 0 aromatic heterocycles. The van der Waals surface area contributed by atoms with Gasteiger partial charge >= 0.3 is 0 Å². The minimum absolute atomic E-state index is 0.506. The second-order valence-corrected chi connectivity index (χ2v) is 4.84. The molecule has 4 nitrogen and oxygen atoms in total. The summed E-state index contributed by atoms with van der Waals surface area (Å²) in [4.78, 5) is 2.28. The number of methoxy groups -OCH3 is 1. The summed E-state index contributed by atoms with van der Waals surface area (Å²) >= 11 is 0. The van der Waals surface area contributed by atoms with E-state index < -0.39 is 5.60 Å². The molecule has 0 aromatic carbocycles. The van der Waals surface area contributed by atoms with Crippen LogP contribution in [0.4, 0.5) is 0 Å². The van der Waals surface area contributed by atoms with Gasteiger partial charge in [0, 0.05) is 33.4 Å². The van der Waals surface area contributed by atoms with Gasteiger partial charge in [0.25, 0.3) is 0 Å². The van der Waals surface area contributed by atoms with Crippen LogP contribution in [0.1, 0.15) is 26.2 Å². The minimum Gasteiger partial charge on any atom is -0.389 e. The van der Waals surface area contributed by atoms with Gasteiger partial charge in [0.2, 0.25) is 0 Å². The van der Waals surface area contributed by atoms with Gasteiger partial charge in [-0.05, 0) is 32.7 Å². The smallest absolute Gasteiger partial charge is 0.0746 e. The van der Waals surface area contributed by atoms with E-state index in [2.05, 4.69) is 4.90 Å². The topological polar surface area (TPSA) is 41.9 Å². The van der Waals surface area contributed by atoms with E-state index in [1.54, 1.807) is 7.11 Å². The lowest BCUT2D eigenvalue weighted by Crippen LogP contribution is -2.47. The van der Waals surface area contributed by atoms with E-state index in [1.807, 2.05) is 6.92 Å². The molecule has 16 heavy (non-hydrogen) atoms. The Kier molecular flexibility index (Phi) is 6.28. The molecule has 0 aromatic rings. The fourth-order valence-corrected chi connectivity index (χ4v) is 2.12. The highest BCUT2D eigenvalue weighted by Crippen LogP contribution is 2.19. The third kappa shape index (κ3) is 5.80. The number of hydrogen-bond acceptors (Lipinski definition) is 4. The number of ether oxygens (including phenoxy) is 2. The summed E-state index contributed by atoms with van der Waals surface area (Å²) in [5.41, 5.74) is -0.506. The Morgan fingerprint density at radius 2 is 2.12 bits per heavy atom. The van der Waals surface area contributed by atoms with Crippen LogP contribution in [0.3, 0.4) is 0 Å². The largest absolute Gasteiger partial charge is 0.389 e. The van der Waals surface area contributed by atoms with Crippen LogP contribution >= 0.6 is 0 Å². The van der Waals surface area contributed by atoms with Gasteiger partial charge in [-0.2, -0.15) is 0 Å². The van der Waals surface area contributed by atoms with Crippen LogP contribution in [0.2, 0.25) is 0 Å². The molecule has 4 heteroatoms. The van der Waals surface area contributed by atoms with E-state index in [1.165, 1.54) is 0 Å². The van der Waals surface area contributed by atoms with Gasteiger partial charge in [-0.3, -0.25) is 4.90 Å². The molecule has 1 N–H and O–H groups in total. The van der Waals surface area contributed by atoms with Crippen molar-refractivity contribution in [3.8, 4) is 0 Å². The minimum atomic E-state index is -0.506. The van der Waals surface area contributed by atoms with Crippen molar-refractivity contribution in [2.24, 2.45) is 0 Å². The molecule has 96 valence electrons. The van der Waals surface area contributed by atoms with Gasteiger partial charge < -0.3 is 14.6 Å². The summed E-state index contributed by atoms with van der Waals surface area (Å²) in [6.45, 7) is 6.96. The highest BCUT2D eigenvalue weighted by atomic mass is 16.5. The average molecular weight is 231 g/mol. The van der Waals surface area contributed by atoms with E-state index in [9.17, 15) is 5.11 Å². The van der Waals surface area contributed by atoms with Gasteiger partial charge in [0.1, 0.15) is 0 Å². The van der Waals surface area contributed by atoms with Crippen molar-refractivity contribution in [3.05, 3.63) is 0 Å². The average Bonchev–Trinajstić information content (AvgIpc) is 2.22. The zero-order chi connectivity index (χ0) is 11.9. The number of aliphatic hydroxyl groups is 1. The maximum atomic E-state index is 9.92. The molecule has 1 saturated heterocycles. The molecule has 1 atom stereocenters. The fourth-order valence-electron chi connectivity index (χ4n) is 2.12. The van der Waals surface area contributed by atoms with Crippen LogP contribution < -0.4 is 0 Å². The predicted octanol–water partition coefficient (Wildman–Crippen LogP) is 0.886.